The third kappa shape index (κ3) is 5.49. The predicted molar refractivity (Wildman–Crippen MR) is 146 cm³/mol. The van der Waals surface area contributed by atoms with E-state index in [4.69, 9.17) is 4.74 Å². The van der Waals surface area contributed by atoms with Gasteiger partial charge in [0.2, 0.25) is 5.88 Å². The number of anilines is 1. The molecule has 3 N–H and O–H groups in total. The molecule has 0 radical (unpaired) electrons. The molecule has 0 saturated carbocycles. The maximum absolute atomic E-state index is 14.6. The number of nitrogens with zero attached hydrogens (tertiary/aromatic N) is 4. The van der Waals surface area contributed by atoms with Crippen LogP contribution in [0.5, 0.6) is 5.88 Å². The Hall–Kier alpha value is -4.25. The van der Waals surface area contributed by atoms with Crippen molar-refractivity contribution in [3.8, 4) is 17.1 Å². The molecule has 0 atom stereocenters. The summed E-state index contributed by atoms with van der Waals surface area (Å²) in [4.78, 5) is 35.6. The number of nitrogens with one attached hydrogen (secondary N) is 3. The van der Waals surface area contributed by atoms with Crippen molar-refractivity contribution in [3.63, 3.8) is 0 Å². The fourth-order valence-electron chi connectivity index (χ4n) is 5.03. The number of amides is 2. The second-order valence-electron chi connectivity index (χ2n) is 10.4. The van der Waals surface area contributed by atoms with E-state index in [1.54, 1.807) is 24.9 Å². The van der Waals surface area contributed by atoms with E-state index in [2.05, 4.69) is 44.4 Å². The van der Waals surface area contributed by atoms with Crippen LogP contribution in [0.1, 0.15) is 47.4 Å². The standard InChI is InChI=1S/C28H32FN7O3/c1-28(2)8-5-10-36(28)11-9-30-25(37)17-6-7-21(29)23(13-17)33-26(38)19-12-18-14-22(32-24(18)31-15-19)20-16-35(3)34-27(20)39-4/h6-7,12-16H,5,8-11H2,1-4H3,(H,30,37)(H,31,32)(H,33,38). The van der Waals surface area contributed by atoms with Crippen LogP contribution >= 0.6 is 0 Å². The number of benzene rings is 1. The summed E-state index contributed by atoms with van der Waals surface area (Å²) in [7, 11) is 3.34. The summed E-state index contributed by atoms with van der Waals surface area (Å²) in [6, 6.07) is 7.43. The van der Waals surface area contributed by atoms with Crippen LogP contribution in [0.4, 0.5) is 10.1 Å². The van der Waals surface area contributed by atoms with Gasteiger partial charge < -0.3 is 20.4 Å². The molecule has 5 rings (SSSR count). The molecule has 10 nitrogen and oxygen atoms in total. The van der Waals surface area contributed by atoms with Crippen LogP contribution in [0.2, 0.25) is 0 Å². The molecule has 2 amide bonds. The molecule has 1 aliphatic heterocycles. The van der Waals surface area contributed by atoms with Crippen LogP contribution in [0.3, 0.4) is 0 Å². The number of ether oxygens (including phenoxy) is 1. The lowest BCUT2D eigenvalue weighted by atomic mass is 10.0. The number of likely N-dealkylation sites (tertiary alicyclic amines) is 1. The lowest BCUT2D eigenvalue weighted by Gasteiger charge is -2.31. The minimum absolute atomic E-state index is 0.0803. The first-order valence-electron chi connectivity index (χ1n) is 12.9. The fraction of sp³-hybridized carbons (Fsp3) is 0.357. The number of aromatic amines is 1. The lowest BCUT2D eigenvalue weighted by Crippen LogP contribution is -2.43. The summed E-state index contributed by atoms with van der Waals surface area (Å²) in [5.41, 5.74) is 2.63. The van der Waals surface area contributed by atoms with Gasteiger partial charge in [0.1, 0.15) is 11.5 Å². The molecule has 0 unspecified atom stereocenters. The van der Waals surface area contributed by atoms with Crippen molar-refractivity contribution in [2.24, 2.45) is 7.05 Å². The largest absolute Gasteiger partial charge is 0.479 e. The molecular formula is C28H32FN7O3. The zero-order chi connectivity index (χ0) is 27.7. The quantitative estimate of drug-likeness (QED) is 0.316. The Labute approximate surface area is 225 Å². The molecule has 4 heterocycles. The van der Waals surface area contributed by atoms with Crippen LogP contribution in [-0.4, -0.2) is 68.7 Å². The highest BCUT2D eigenvalue weighted by atomic mass is 19.1. The van der Waals surface area contributed by atoms with Gasteiger partial charge in [0.05, 0.1) is 29.6 Å². The minimum atomic E-state index is -0.639. The van der Waals surface area contributed by atoms with E-state index in [9.17, 15) is 14.0 Å². The summed E-state index contributed by atoms with van der Waals surface area (Å²) in [5, 5.41) is 10.4. The van der Waals surface area contributed by atoms with Crippen LogP contribution in [0.15, 0.2) is 42.7 Å². The molecule has 11 heteroatoms. The van der Waals surface area contributed by atoms with Gasteiger partial charge in [-0.2, -0.15) is 0 Å². The monoisotopic (exact) mass is 533 g/mol. The number of methoxy groups -OCH3 is 1. The Morgan fingerprint density at radius 2 is 2.00 bits per heavy atom. The average molecular weight is 534 g/mol. The van der Waals surface area contributed by atoms with E-state index in [0.29, 0.717) is 23.5 Å². The van der Waals surface area contributed by atoms with Gasteiger partial charge in [0.25, 0.3) is 11.8 Å². The zero-order valence-electron chi connectivity index (χ0n) is 22.5. The van der Waals surface area contributed by atoms with Gasteiger partial charge in [-0.25, -0.2) is 9.37 Å². The van der Waals surface area contributed by atoms with Crippen molar-refractivity contribution in [2.45, 2.75) is 32.2 Å². The number of halogens is 1. The maximum Gasteiger partial charge on any atom is 0.257 e. The molecule has 0 aliphatic carbocycles. The molecule has 0 spiro atoms. The summed E-state index contributed by atoms with van der Waals surface area (Å²) in [6.45, 7) is 6.65. The van der Waals surface area contributed by atoms with Crippen molar-refractivity contribution < 1.29 is 18.7 Å². The number of carbonyl (C=O) groups is 2. The summed E-state index contributed by atoms with van der Waals surface area (Å²) >= 11 is 0. The van der Waals surface area contributed by atoms with Crippen molar-refractivity contribution >= 4 is 28.5 Å². The molecule has 204 valence electrons. The smallest absolute Gasteiger partial charge is 0.257 e. The number of aromatic nitrogens is 4. The van der Waals surface area contributed by atoms with Crippen molar-refractivity contribution in [3.05, 3.63) is 59.7 Å². The minimum Gasteiger partial charge on any atom is -0.479 e. The van der Waals surface area contributed by atoms with Crippen molar-refractivity contribution in [1.82, 2.24) is 30.0 Å². The molecule has 39 heavy (non-hydrogen) atoms. The molecule has 1 saturated heterocycles. The first-order chi connectivity index (χ1) is 18.6. The summed E-state index contributed by atoms with van der Waals surface area (Å²) in [5.74, 6) is -1.04. The predicted octanol–water partition coefficient (Wildman–Crippen LogP) is 3.97. The second kappa shape index (κ2) is 10.5. The van der Waals surface area contributed by atoms with Crippen molar-refractivity contribution in [1.29, 1.82) is 0 Å². The Morgan fingerprint density at radius 1 is 1.18 bits per heavy atom. The summed E-state index contributed by atoms with van der Waals surface area (Å²) in [6.07, 6.45) is 5.51. The van der Waals surface area contributed by atoms with Gasteiger partial charge in [0, 0.05) is 49.0 Å². The maximum atomic E-state index is 14.6. The highest BCUT2D eigenvalue weighted by molar-refractivity contribution is 6.06. The molecule has 4 aromatic rings. The van der Waals surface area contributed by atoms with E-state index in [-0.39, 0.29) is 28.3 Å². The first kappa shape index (κ1) is 26.4. The highest BCUT2D eigenvalue weighted by Crippen LogP contribution is 2.30. The summed E-state index contributed by atoms with van der Waals surface area (Å²) < 4.78 is 21.5. The third-order valence-electron chi connectivity index (χ3n) is 7.23. The van der Waals surface area contributed by atoms with E-state index in [1.165, 1.54) is 24.4 Å². The lowest BCUT2D eigenvalue weighted by molar-refractivity contribution is 0.0939. The Kier molecular flexibility index (Phi) is 7.09. The van der Waals surface area contributed by atoms with E-state index in [1.807, 2.05) is 12.3 Å². The van der Waals surface area contributed by atoms with Gasteiger partial charge in [0.15, 0.2) is 0 Å². The number of hydrogen-bond acceptors (Lipinski definition) is 6. The van der Waals surface area contributed by atoms with Gasteiger partial charge in [-0.1, -0.05) is 0 Å². The van der Waals surface area contributed by atoms with Gasteiger partial charge >= 0.3 is 0 Å². The Balaban J connectivity index is 1.27. The molecular weight excluding hydrogens is 501 g/mol. The normalized spacial score (nSPS) is 15.0. The van der Waals surface area contributed by atoms with Crippen molar-refractivity contribution in [2.75, 3.05) is 32.1 Å². The number of hydrogen-bond donors (Lipinski definition) is 3. The fourth-order valence-corrected chi connectivity index (χ4v) is 5.03. The molecule has 1 aliphatic rings. The van der Waals surface area contributed by atoms with Crippen LogP contribution in [0, 0.1) is 5.82 Å². The molecule has 1 fully saturated rings. The van der Waals surface area contributed by atoms with Crippen LogP contribution in [-0.2, 0) is 7.05 Å². The number of fused-ring (bicyclic) bond motifs is 1. The Morgan fingerprint density at radius 3 is 2.74 bits per heavy atom. The Bertz CT molecular complexity index is 1540. The van der Waals surface area contributed by atoms with E-state index >= 15 is 0 Å². The number of aryl methyl sites for hydroxylation is 1. The number of H-pyrrole nitrogens is 1. The number of carbonyl (C=O) groups excluding carboxylic acids is 2. The van der Waals surface area contributed by atoms with Gasteiger partial charge in [-0.15, -0.1) is 5.10 Å². The molecule has 1 aromatic carbocycles. The van der Waals surface area contributed by atoms with Crippen LogP contribution in [0.25, 0.3) is 22.3 Å². The SMILES string of the molecule is COc1nn(C)cc1-c1cc2cc(C(=O)Nc3cc(C(=O)NCCN4CCCC4(C)C)ccc3F)cnc2[nH]1. The zero-order valence-corrected chi connectivity index (χ0v) is 22.5. The molecule has 0 bridgehead atoms. The second-order valence-corrected chi connectivity index (χ2v) is 10.4. The van der Waals surface area contributed by atoms with Crippen LogP contribution < -0.4 is 15.4 Å². The van der Waals surface area contributed by atoms with Gasteiger partial charge in [-0.3, -0.25) is 19.2 Å². The first-order valence-corrected chi connectivity index (χ1v) is 12.9. The average Bonchev–Trinajstić information content (AvgIpc) is 3.60. The third-order valence-corrected chi connectivity index (χ3v) is 7.23. The number of pyridine rings is 1. The van der Waals surface area contributed by atoms with E-state index in [0.717, 1.165) is 37.2 Å². The topological polar surface area (TPSA) is 117 Å². The van der Waals surface area contributed by atoms with Gasteiger partial charge in [-0.05, 0) is 63.6 Å². The molecule has 3 aromatic heterocycles. The van der Waals surface area contributed by atoms with E-state index < -0.39 is 11.7 Å². The highest BCUT2D eigenvalue weighted by Gasteiger charge is 2.31. The number of rotatable bonds is 8.